The fraction of sp³-hybridized carbons (Fsp3) is 0.381. The molecule has 0 spiro atoms. The van der Waals surface area contributed by atoms with Gasteiger partial charge >= 0.3 is 0 Å². The van der Waals surface area contributed by atoms with Gasteiger partial charge < -0.3 is 20.6 Å². The van der Waals surface area contributed by atoms with Crippen LogP contribution in [0.15, 0.2) is 47.5 Å². The van der Waals surface area contributed by atoms with Gasteiger partial charge in [-0.15, -0.1) is 0 Å². The van der Waals surface area contributed by atoms with E-state index >= 15 is 0 Å². The first-order valence-electron chi connectivity index (χ1n) is 9.58. The van der Waals surface area contributed by atoms with E-state index in [1.807, 2.05) is 13.0 Å². The molecule has 2 aromatic rings. The van der Waals surface area contributed by atoms with Crippen LogP contribution in [-0.2, 0) is 6.54 Å². The van der Waals surface area contributed by atoms with E-state index in [1.54, 1.807) is 18.2 Å². The van der Waals surface area contributed by atoms with Gasteiger partial charge in [-0.1, -0.05) is 12.1 Å². The van der Waals surface area contributed by atoms with Gasteiger partial charge in [0.1, 0.15) is 5.82 Å². The lowest BCUT2D eigenvalue weighted by molar-refractivity contribution is 0.432. The number of aromatic hydroxyl groups is 1. The quantitative estimate of drug-likeness (QED) is 0.543. The lowest BCUT2D eigenvalue weighted by atomic mass is 10.0. The molecule has 7 heteroatoms. The van der Waals surface area contributed by atoms with Crippen LogP contribution in [0.25, 0.3) is 0 Å². The van der Waals surface area contributed by atoms with Crippen molar-refractivity contribution in [2.24, 2.45) is 4.99 Å². The first-order valence-corrected chi connectivity index (χ1v) is 9.58. The number of aliphatic imine (C=N–C) groups is 1. The average Bonchev–Trinajstić information content (AvgIpc) is 2.69. The summed E-state index contributed by atoms with van der Waals surface area (Å²) in [5, 5.41) is 15.9. The summed E-state index contributed by atoms with van der Waals surface area (Å²) in [6, 6.07) is 11.2. The van der Waals surface area contributed by atoms with Crippen molar-refractivity contribution < 1.29 is 13.9 Å². The molecule has 1 aliphatic rings. The summed E-state index contributed by atoms with van der Waals surface area (Å²) in [5.74, 6) is -0.539. The molecule has 1 fully saturated rings. The summed E-state index contributed by atoms with van der Waals surface area (Å²) in [6.07, 6.45) is 1.82. The monoisotopic (exact) mass is 388 g/mol. The normalized spacial score (nSPS) is 15.5. The molecule has 1 saturated heterocycles. The number of anilines is 1. The molecular formula is C21H26F2N4O. The molecule has 1 heterocycles. The van der Waals surface area contributed by atoms with E-state index < -0.39 is 5.82 Å². The number of phenolic OH excluding ortho intramolecular Hbond substituents is 1. The van der Waals surface area contributed by atoms with Crippen LogP contribution in [-0.4, -0.2) is 36.7 Å². The number of piperidine rings is 1. The SMILES string of the molecule is CCNC(=NCc1ccc(O)c(F)c1)NC1CCN(c2cccc(F)c2)CC1. The Morgan fingerprint density at radius 1 is 1.18 bits per heavy atom. The Kier molecular flexibility index (Phi) is 6.68. The van der Waals surface area contributed by atoms with Crippen molar-refractivity contribution >= 4 is 11.6 Å². The first-order chi connectivity index (χ1) is 13.5. The molecule has 0 amide bonds. The smallest absolute Gasteiger partial charge is 0.191 e. The molecule has 0 atom stereocenters. The largest absolute Gasteiger partial charge is 0.505 e. The van der Waals surface area contributed by atoms with E-state index in [0.717, 1.165) is 38.2 Å². The topological polar surface area (TPSA) is 59.9 Å². The van der Waals surface area contributed by atoms with Crippen LogP contribution in [0.2, 0.25) is 0 Å². The van der Waals surface area contributed by atoms with Crippen LogP contribution in [0, 0.1) is 11.6 Å². The van der Waals surface area contributed by atoms with Gasteiger partial charge in [0.15, 0.2) is 17.5 Å². The fourth-order valence-electron chi connectivity index (χ4n) is 3.29. The van der Waals surface area contributed by atoms with Crippen molar-refractivity contribution in [3.8, 4) is 5.75 Å². The maximum Gasteiger partial charge on any atom is 0.191 e. The molecule has 0 radical (unpaired) electrons. The molecule has 1 aliphatic heterocycles. The Balaban J connectivity index is 1.56. The zero-order valence-electron chi connectivity index (χ0n) is 16.0. The number of halogens is 2. The van der Waals surface area contributed by atoms with Gasteiger partial charge in [0, 0.05) is 31.4 Å². The third-order valence-corrected chi connectivity index (χ3v) is 4.79. The highest BCUT2D eigenvalue weighted by atomic mass is 19.1. The molecule has 5 nitrogen and oxygen atoms in total. The van der Waals surface area contributed by atoms with Crippen LogP contribution in [0.1, 0.15) is 25.3 Å². The minimum atomic E-state index is -0.643. The number of benzene rings is 2. The molecule has 2 aromatic carbocycles. The van der Waals surface area contributed by atoms with Crippen LogP contribution < -0.4 is 15.5 Å². The predicted molar refractivity (Wildman–Crippen MR) is 108 cm³/mol. The van der Waals surface area contributed by atoms with Crippen LogP contribution in [0.5, 0.6) is 5.75 Å². The molecule has 150 valence electrons. The van der Waals surface area contributed by atoms with Crippen molar-refractivity contribution in [1.29, 1.82) is 0 Å². The van der Waals surface area contributed by atoms with E-state index in [9.17, 15) is 13.9 Å². The van der Waals surface area contributed by atoms with Gasteiger partial charge in [0.05, 0.1) is 6.54 Å². The number of nitrogens with zero attached hydrogens (tertiary/aromatic N) is 2. The molecule has 0 saturated carbocycles. The standard InChI is InChI=1S/C21H26F2N4O/c1-2-24-21(25-14-15-6-7-20(28)19(23)12-15)26-17-8-10-27(11-9-17)18-5-3-4-16(22)13-18/h3-7,12-13,17,28H,2,8-11,14H2,1H3,(H2,24,25,26). The van der Waals surface area contributed by atoms with E-state index in [1.165, 1.54) is 18.2 Å². The molecule has 3 rings (SSSR count). The predicted octanol–water partition coefficient (Wildman–Crippen LogP) is 3.39. The van der Waals surface area contributed by atoms with Crippen molar-refractivity contribution in [3.05, 3.63) is 59.7 Å². The number of guanidine groups is 1. The summed E-state index contributed by atoms with van der Waals surface area (Å²) in [6.45, 7) is 4.70. The lowest BCUT2D eigenvalue weighted by Crippen LogP contribution is -2.48. The number of hydrogen-bond acceptors (Lipinski definition) is 3. The molecule has 0 aromatic heterocycles. The van der Waals surface area contributed by atoms with Crippen molar-refractivity contribution in [3.63, 3.8) is 0 Å². The number of nitrogens with one attached hydrogen (secondary N) is 2. The fourth-order valence-corrected chi connectivity index (χ4v) is 3.29. The van der Waals surface area contributed by atoms with Crippen LogP contribution >= 0.6 is 0 Å². The van der Waals surface area contributed by atoms with Crippen LogP contribution in [0.4, 0.5) is 14.5 Å². The maximum atomic E-state index is 13.5. The average molecular weight is 388 g/mol. The van der Waals surface area contributed by atoms with E-state index in [2.05, 4.69) is 20.5 Å². The zero-order valence-corrected chi connectivity index (χ0v) is 16.0. The zero-order chi connectivity index (χ0) is 19.9. The van der Waals surface area contributed by atoms with Gasteiger partial charge in [-0.25, -0.2) is 13.8 Å². The summed E-state index contributed by atoms with van der Waals surface area (Å²) >= 11 is 0. The molecule has 28 heavy (non-hydrogen) atoms. The second-order valence-corrected chi connectivity index (χ2v) is 6.87. The summed E-state index contributed by atoms with van der Waals surface area (Å²) in [4.78, 5) is 6.71. The highest BCUT2D eigenvalue weighted by Crippen LogP contribution is 2.21. The highest BCUT2D eigenvalue weighted by Gasteiger charge is 2.20. The van der Waals surface area contributed by atoms with Crippen molar-refractivity contribution in [2.45, 2.75) is 32.4 Å². The molecular weight excluding hydrogens is 362 g/mol. The lowest BCUT2D eigenvalue weighted by Gasteiger charge is -2.34. The van der Waals surface area contributed by atoms with E-state index in [0.29, 0.717) is 18.1 Å². The number of hydrogen-bond donors (Lipinski definition) is 3. The van der Waals surface area contributed by atoms with Gasteiger partial charge in [-0.2, -0.15) is 0 Å². The summed E-state index contributed by atoms with van der Waals surface area (Å²) in [7, 11) is 0. The molecule has 3 N–H and O–H groups in total. The summed E-state index contributed by atoms with van der Waals surface area (Å²) < 4.78 is 26.9. The molecule has 0 bridgehead atoms. The van der Waals surface area contributed by atoms with E-state index in [-0.39, 0.29) is 17.6 Å². The Bertz CT molecular complexity index is 820. The van der Waals surface area contributed by atoms with Crippen molar-refractivity contribution in [2.75, 3.05) is 24.5 Å². The Morgan fingerprint density at radius 2 is 1.96 bits per heavy atom. The van der Waals surface area contributed by atoms with Crippen molar-refractivity contribution in [1.82, 2.24) is 10.6 Å². The summed E-state index contributed by atoms with van der Waals surface area (Å²) in [5.41, 5.74) is 1.60. The number of phenols is 1. The van der Waals surface area contributed by atoms with Gasteiger partial charge in [0.25, 0.3) is 0 Å². The van der Waals surface area contributed by atoms with Crippen LogP contribution in [0.3, 0.4) is 0 Å². The van der Waals surface area contributed by atoms with Gasteiger partial charge in [0.2, 0.25) is 0 Å². The third kappa shape index (κ3) is 5.34. The molecule has 0 unspecified atom stereocenters. The second kappa shape index (κ2) is 9.39. The Hall–Kier alpha value is -2.83. The minimum Gasteiger partial charge on any atom is -0.505 e. The van der Waals surface area contributed by atoms with E-state index in [4.69, 9.17) is 0 Å². The number of rotatable bonds is 5. The van der Waals surface area contributed by atoms with Gasteiger partial charge in [-0.05, 0) is 55.7 Å². The molecule has 0 aliphatic carbocycles. The third-order valence-electron chi connectivity index (χ3n) is 4.79. The highest BCUT2D eigenvalue weighted by molar-refractivity contribution is 5.80. The Labute approximate surface area is 164 Å². The second-order valence-electron chi connectivity index (χ2n) is 6.87. The van der Waals surface area contributed by atoms with Gasteiger partial charge in [-0.3, -0.25) is 0 Å². The minimum absolute atomic E-state index is 0.218. The first kappa shape index (κ1) is 19.9. The Morgan fingerprint density at radius 3 is 2.64 bits per heavy atom. The maximum absolute atomic E-state index is 13.5.